The summed E-state index contributed by atoms with van der Waals surface area (Å²) < 4.78 is 0. The van der Waals surface area contributed by atoms with Crippen molar-refractivity contribution in [1.82, 2.24) is 0 Å². The van der Waals surface area contributed by atoms with Crippen molar-refractivity contribution in [2.45, 2.75) is 13.8 Å². The van der Waals surface area contributed by atoms with E-state index in [9.17, 15) is 4.79 Å². The fourth-order valence-electron chi connectivity index (χ4n) is 0.978. The average molecular weight is 205 g/mol. The molecule has 80 valence electrons. The summed E-state index contributed by atoms with van der Waals surface area (Å²) in [7, 11) is 0. The van der Waals surface area contributed by atoms with Crippen LogP contribution in [0.3, 0.4) is 0 Å². The van der Waals surface area contributed by atoms with E-state index < -0.39 is 5.91 Å². The normalized spacial score (nSPS) is 11.8. The number of rotatable bonds is 3. The van der Waals surface area contributed by atoms with E-state index in [-0.39, 0.29) is 5.92 Å². The second kappa shape index (κ2) is 4.59. The summed E-state index contributed by atoms with van der Waals surface area (Å²) in [6.45, 7) is 3.94. The van der Waals surface area contributed by atoms with Gasteiger partial charge in [-0.25, -0.2) is 4.99 Å². The third-order valence-corrected chi connectivity index (χ3v) is 2.00. The fraction of sp³-hybridized carbons (Fsp3) is 0.273. The van der Waals surface area contributed by atoms with Crippen molar-refractivity contribution in [3.63, 3.8) is 0 Å². The molecule has 0 aliphatic heterocycles. The van der Waals surface area contributed by atoms with Crippen molar-refractivity contribution in [2.75, 3.05) is 0 Å². The Morgan fingerprint density at radius 1 is 1.20 bits per heavy atom. The van der Waals surface area contributed by atoms with E-state index in [0.29, 0.717) is 11.4 Å². The average Bonchev–Trinajstić information content (AvgIpc) is 2.18. The largest absolute Gasteiger partial charge is 0.387 e. The number of hydrogen-bond acceptors (Lipinski definition) is 2. The molecule has 1 rings (SSSR count). The molecule has 0 spiro atoms. The maximum Gasteiger partial charge on any atom is 0.248 e. The van der Waals surface area contributed by atoms with Crippen LogP contribution in [-0.4, -0.2) is 11.7 Å². The van der Waals surface area contributed by atoms with Gasteiger partial charge in [0.2, 0.25) is 5.91 Å². The summed E-state index contributed by atoms with van der Waals surface area (Å²) in [5.74, 6) is 0.338. The summed E-state index contributed by atoms with van der Waals surface area (Å²) in [5, 5.41) is 0. The zero-order valence-corrected chi connectivity index (χ0v) is 8.90. The lowest BCUT2D eigenvalue weighted by molar-refractivity contribution is 0.100. The van der Waals surface area contributed by atoms with Gasteiger partial charge in [0.05, 0.1) is 5.69 Å². The van der Waals surface area contributed by atoms with Crippen LogP contribution in [0, 0.1) is 5.92 Å². The van der Waals surface area contributed by atoms with Crippen molar-refractivity contribution in [3.05, 3.63) is 29.8 Å². The van der Waals surface area contributed by atoms with E-state index in [0.717, 1.165) is 5.69 Å². The number of nitrogens with zero attached hydrogens (tertiary/aromatic N) is 1. The van der Waals surface area contributed by atoms with E-state index >= 15 is 0 Å². The number of carbonyl (C=O) groups is 1. The lowest BCUT2D eigenvalue weighted by atomic mass is 10.2. The minimum absolute atomic E-state index is 0.209. The molecule has 0 unspecified atom stereocenters. The fourth-order valence-corrected chi connectivity index (χ4v) is 0.978. The highest BCUT2D eigenvalue weighted by Gasteiger charge is 2.01. The molecule has 0 aromatic heterocycles. The third-order valence-electron chi connectivity index (χ3n) is 2.00. The van der Waals surface area contributed by atoms with Gasteiger partial charge in [-0.05, 0) is 24.3 Å². The Labute approximate surface area is 89.0 Å². The van der Waals surface area contributed by atoms with Crippen LogP contribution in [0.5, 0.6) is 0 Å². The zero-order chi connectivity index (χ0) is 11.4. The van der Waals surface area contributed by atoms with Crippen molar-refractivity contribution >= 4 is 17.4 Å². The van der Waals surface area contributed by atoms with Crippen molar-refractivity contribution in [3.8, 4) is 0 Å². The van der Waals surface area contributed by atoms with Gasteiger partial charge in [0.1, 0.15) is 5.84 Å². The zero-order valence-electron chi connectivity index (χ0n) is 8.90. The molecule has 0 heterocycles. The Bertz CT molecular complexity index is 379. The number of benzene rings is 1. The van der Waals surface area contributed by atoms with Gasteiger partial charge in [0.25, 0.3) is 0 Å². The highest BCUT2D eigenvalue weighted by atomic mass is 16.1. The molecule has 4 N–H and O–H groups in total. The van der Waals surface area contributed by atoms with Gasteiger partial charge in [0, 0.05) is 11.5 Å². The molecular weight excluding hydrogens is 190 g/mol. The van der Waals surface area contributed by atoms with Crippen molar-refractivity contribution in [2.24, 2.45) is 22.4 Å². The number of hydrogen-bond donors (Lipinski definition) is 2. The molecule has 0 radical (unpaired) electrons. The molecular formula is C11H15N3O. The van der Waals surface area contributed by atoms with Crippen LogP contribution in [0.1, 0.15) is 24.2 Å². The summed E-state index contributed by atoms with van der Waals surface area (Å²) in [6, 6.07) is 6.70. The summed E-state index contributed by atoms with van der Waals surface area (Å²) in [6.07, 6.45) is 0. The van der Waals surface area contributed by atoms with E-state index in [1.54, 1.807) is 24.3 Å². The van der Waals surface area contributed by atoms with E-state index in [1.807, 2.05) is 13.8 Å². The lowest BCUT2D eigenvalue weighted by Crippen LogP contribution is -2.18. The molecule has 1 aromatic carbocycles. The molecule has 0 aliphatic carbocycles. The van der Waals surface area contributed by atoms with Gasteiger partial charge in [-0.3, -0.25) is 4.79 Å². The van der Waals surface area contributed by atoms with Crippen LogP contribution in [-0.2, 0) is 0 Å². The molecule has 0 bridgehead atoms. The summed E-state index contributed by atoms with van der Waals surface area (Å²) in [4.78, 5) is 15.0. The summed E-state index contributed by atoms with van der Waals surface area (Å²) in [5.41, 5.74) is 12.0. The molecule has 4 heteroatoms. The molecule has 0 saturated carbocycles. The molecule has 0 atom stereocenters. The van der Waals surface area contributed by atoms with Gasteiger partial charge in [-0.1, -0.05) is 13.8 Å². The number of amidine groups is 1. The molecule has 15 heavy (non-hydrogen) atoms. The second-order valence-electron chi connectivity index (χ2n) is 3.60. The highest BCUT2D eigenvalue weighted by molar-refractivity contribution is 5.93. The van der Waals surface area contributed by atoms with E-state index in [4.69, 9.17) is 11.5 Å². The Kier molecular flexibility index (Phi) is 3.44. The molecule has 0 saturated heterocycles. The maximum atomic E-state index is 10.8. The lowest BCUT2D eigenvalue weighted by Gasteiger charge is -2.03. The minimum atomic E-state index is -0.442. The van der Waals surface area contributed by atoms with E-state index in [1.165, 1.54) is 0 Å². The van der Waals surface area contributed by atoms with Gasteiger partial charge >= 0.3 is 0 Å². The highest BCUT2D eigenvalue weighted by Crippen LogP contribution is 2.13. The first-order valence-electron chi connectivity index (χ1n) is 4.74. The Hall–Kier alpha value is -1.84. The maximum absolute atomic E-state index is 10.8. The first-order chi connectivity index (χ1) is 7.00. The minimum Gasteiger partial charge on any atom is -0.387 e. The van der Waals surface area contributed by atoms with Crippen molar-refractivity contribution < 1.29 is 4.79 Å². The second-order valence-corrected chi connectivity index (χ2v) is 3.60. The predicted octanol–water partition coefficient (Wildman–Crippen LogP) is 1.43. The SMILES string of the molecule is CC(C)C(N)=Nc1ccc(C(N)=O)cc1. The smallest absolute Gasteiger partial charge is 0.248 e. The monoisotopic (exact) mass is 205 g/mol. The third kappa shape index (κ3) is 3.09. The standard InChI is InChI=1S/C11H15N3O/c1-7(2)10(12)14-9-5-3-8(4-6-9)11(13)15/h3-7H,1-2H3,(H2,12,14)(H2,13,15). The number of aliphatic imine (C=N–C) groups is 1. The van der Waals surface area contributed by atoms with Crippen LogP contribution in [0.4, 0.5) is 5.69 Å². The Balaban J connectivity index is 2.90. The Morgan fingerprint density at radius 2 is 1.73 bits per heavy atom. The number of amides is 1. The summed E-state index contributed by atoms with van der Waals surface area (Å²) >= 11 is 0. The van der Waals surface area contributed by atoms with Crippen LogP contribution in [0.15, 0.2) is 29.3 Å². The number of carbonyl (C=O) groups excluding carboxylic acids is 1. The van der Waals surface area contributed by atoms with Crippen LogP contribution < -0.4 is 11.5 Å². The molecule has 0 fully saturated rings. The van der Waals surface area contributed by atoms with E-state index in [2.05, 4.69) is 4.99 Å². The molecule has 1 amide bonds. The van der Waals surface area contributed by atoms with Gasteiger partial charge < -0.3 is 11.5 Å². The predicted molar refractivity (Wildman–Crippen MR) is 61.1 cm³/mol. The van der Waals surface area contributed by atoms with Gasteiger partial charge in [-0.2, -0.15) is 0 Å². The molecule has 0 aliphatic rings. The number of nitrogens with two attached hydrogens (primary N) is 2. The topological polar surface area (TPSA) is 81.5 Å². The van der Waals surface area contributed by atoms with Gasteiger partial charge in [0.15, 0.2) is 0 Å². The quantitative estimate of drug-likeness (QED) is 0.578. The van der Waals surface area contributed by atoms with Crippen LogP contribution in [0.2, 0.25) is 0 Å². The number of primary amides is 1. The van der Waals surface area contributed by atoms with Gasteiger partial charge in [-0.15, -0.1) is 0 Å². The molecule has 1 aromatic rings. The Morgan fingerprint density at radius 3 is 2.13 bits per heavy atom. The molecule has 4 nitrogen and oxygen atoms in total. The van der Waals surface area contributed by atoms with Crippen molar-refractivity contribution in [1.29, 1.82) is 0 Å². The first kappa shape index (κ1) is 11.2. The first-order valence-corrected chi connectivity index (χ1v) is 4.74. The van der Waals surface area contributed by atoms with Crippen LogP contribution in [0.25, 0.3) is 0 Å². The van der Waals surface area contributed by atoms with Crippen LogP contribution >= 0.6 is 0 Å².